The Labute approximate surface area is 145 Å². The summed E-state index contributed by atoms with van der Waals surface area (Å²) in [4.78, 5) is 23.8. The maximum atomic E-state index is 11.7. The number of hydrogen-bond donors (Lipinski definition) is 0. The Balaban J connectivity index is 2.01. The monoisotopic (exact) mass is 350 g/mol. The second-order valence-corrected chi connectivity index (χ2v) is 8.07. The van der Waals surface area contributed by atoms with Crippen LogP contribution in [0.3, 0.4) is 0 Å². The van der Waals surface area contributed by atoms with Gasteiger partial charge in [0.1, 0.15) is 15.7 Å². The zero-order valence-electron chi connectivity index (χ0n) is 13.8. The minimum atomic E-state index is -0.181. The Hall–Kier alpha value is -1.14. The summed E-state index contributed by atoms with van der Waals surface area (Å²) in [5.41, 5.74) is 1.41. The lowest BCUT2D eigenvalue weighted by molar-refractivity contribution is -0.139. The highest BCUT2D eigenvalue weighted by molar-refractivity contribution is 8.00. The topological polar surface area (TPSA) is 52.1 Å². The van der Waals surface area contributed by atoms with Crippen molar-refractivity contribution in [3.05, 3.63) is 16.3 Å². The molecule has 0 saturated heterocycles. The van der Waals surface area contributed by atoms with Crippen molar-refractivity contribution in [2.45, 2.75) is 57.4 Å². The Morgan fingerprint density at radius 1 is 1.30 bits per heavy atom. The molecule has 2 aromatic heterocycles. The highest BCUT2D eigenvalue weighted by Crippen LogP contribution is 2.40. The van der Waals surface area contributed by atoms with Gasteiger partial charge in [0.05, 0.1) is 12.4 Å². The van der Waals surface area contributed by atoms with E-state index in [9.17, 15) is 4.79 Å². The lowest BCUT2D eigenvalue weighted by Crippen LogP contribution is -2.08. The van der Waals surface area contributed by atoms with E-state index in [0.29, 0.717) is 12.4 Å². The summed E-state index contributed by atoms with van der Waals surface area (Å²) in [6.07, 6.45) is 4.74. The number of hydrogen-bond acceptors (Lipinski definition) is 6. The Morgan fingerprint density at radius 2 is 2.09 bits per heavy atom. The second-order valence-electron chi connectivity index (χ2n) is 6.03. The third-order valence-corrected chi connectivity index (χ3v) is 6.08. The van der Waals surface area contributed by atoms with E-state index in [1.165, 1.54) is 40.4 Å². The quantitative estimate of drug-likeness (QED) is 0.456. The molecule has 0 aromatic carbocycles. The van der Waals surface area contributed by atoms with Gasteiger partial charge in [0, 0.05) is 16.2 Å². The first-order chi connectivity index (χ1) is 11.1. The predicted molar refractivity (Wildman–Crippen MR) is 95.5 cm³/mol. The second kappa shape index (κ2) is 7.18. The molecule has 4 nitrogen and oxygen atoms in total. The van der Waals surface area contributed by atoms with Crippen LogP contribution in [0, 0.1) is 0 Å². The van der Waals surface area contributed by atoms with E-state index in [2.05, 4.69) is 13.8 Å². The molecular weight excluding hydrogens is 328 g/mol. The average molecular weight is 351 g/mol. The van der Waals surface area contributed by atoms with E-state index < -0.39 is 0 Å². The molecule has 2 heterocycles. The Morgan fingerprint density at radius 3 is 2.83 bits per heavy atom. The van der Waals surface area contributed by atoms with E-state index in [1.807, 2.05) is 18.3 Å². The van der Waals surface area contributed by atoms with Gasteiger partial charge in [0.15, 0.2) is 0 Å². The third-order valence-electron chi connectivity index (χ3n) is 3.95. The molecule has 1 aliphatic carbocycles. The number of rotatable bonds is 5. The van der Waals surface area contributed by atoms with Gasteiger partial charge in [-0.15, -0.1) is 11.3 Å². The molecule has 6 heteroatoms. The molecule has 0 unspecified atom stereocenters. The number of ether oxygens (including phenoxy) is 1. The summed E-state index contributed by atoms with van der Waals surface area (Å²) in [7, 11) is 0. The zero-order chi connectivity index (χ0) is 16.4. The minimum Gasteiger partial charge on any atom is -0.465 e. The number of esters is 1. The van der Waals surface area contributed by atoms with Gasteiger partial charge in [-0.05, 0) is 38.2 Å². The number of thiophene rings is 1. The Kier molecular flexibility index (Phi) is 5.21. The maximum absolute atomic E-state index is 11.7. The third kappa shape index (κ3) is 3.53. The van der Waals surface area contributed by atoms with Crippen molar-refractivity contribution in [3.8, 4) is 0 Å². The number of aromatic nitrogens is 2. The molecule has 0 fully saturated rings. The molecule has 0 bridgehead atoms. The van der Waals surface area contributed by atoms with Gasteiger partial charge in [-0.25, -0.2) is 9.97 Å². The predicted octanol–water partition coefficient (Wildman–Crippen LogP) is 4.35. The molecule has 23 heavy (non-hydrogen) atoms. The first-order valence-electron chi connectivity index (χ1n) is 8.20. The van der Waals surface area contributed by atoms with Crippen molar-refractivity contribution < 1.29 is 9.53 Å². The van der Waals surface area contributed by atoms with Crippen molar-refractivity contribution in [2.24, 2.45) is 0 Å². The summed E-state index contributed by atoms with van der Waals surface area (Å²) in [6, 6.07) is 0. The summed E-state index contributed by atoms with van der Waals surface area (Å²) >= 11 is 3.30. The highest BCUT2D eigenvalue weighted by Gasteiger charge is 2.22. The van der Waals surface area contributed by atoms with Crippen LogP contribution in [-0.4, -0.2) is 28.3 Å². The lowest BCUT2D eigenvalue weighted by atomic mass is 9.97. The molecular formula is C17H22N2O2S2. The smallest absolute Gasteiger partial charge is 0.316 e. The molecule has 124 valence electrons. The number of fused-ring (bicyclic) bond motifs is 3. The number of carbonyl (C=O) groups excluding carboxylic acids is 1. The van der Waals surface area contributed by atoms with Crippen LogP contribution in [0.5, 0.6) is 0 Å². The molecule has 1 aliphatic rings. The molecule has 0 radical (unpaired) electrons. The summed E-state index contributed by atoms with van der Waals surface area (Å²) < 4.78 is 5.05. The fraction of sp³-hybridized carbons (Fsp3) is 0.588. The Bertz CT molecular complexity index is 725. The van der Waals surface area contributed by atoms with Crippen molar-refractivity contribution in [1.82, 2.24) is 9.97 Å². The fourth-order valence-corrected chi connectivity index (χ4v) is 5.03. The normalized spacial score (nSPS) is 14.3. The van der Waals surface area contributed by atoms with E-state index >= 15 is 0 Å². The van der Waals surface area contributed by atoms with E-state index in [1.54, 1.807) is 0 Å². The van der Waals surface area contributed by atoms with Crippen LogP contribution in [0.15, 0.2) is 5.03 Å². The van der Waals surface area contributed by atoms with E-state index in [0.717, 1.165) is 28.5 Å². The van der Waals surface area contributed by atoms with Gasteiger partial charge in [0.25, 0.3) is 0 Å². The first-order valence-corrected chi connectivity index (χ1v) is 10.0. The van der Waals surface area contributed by atoms with Gasteiger partial charge >= 0.3 is 5.97 Å². The number of nitrogens with zero attached hydrogens (tertiary/aromatic N) is 2. The molecule has 3 rings (SSSR count). The van der Waals surface area contributed by atoms with Gasteiger partial charge in [0.2, 0.25) is 0 Å². The minimum absolute atomic E-state index is 0.181. The van der Waals surface area contributed by atoms with Gasteiger partial charge < -0.3 is 4.74 Å². The van der Waals surface area contributed by atoms with Crippen molar-refractivity contribution >= 4 is 39.3 Å². The molecule has 0 spiro atoms. The van der Waals surface area contributed by atoms with Crippen molar-refractivity contribution in [3.63, 3.8) is 0 Å². The van der Waals surface area contributed by atoms with Gasteiger partial charge in [-0.1, -0.05) is 25.6 Å². The van der Waals surface area contributed by atoms with Crippen LogP contribution in [0.1, 0.15) is 55.8 Å². The summed E-state index contributed by atoms with van der Waals surface area (Å²) in [5, 5.41) is 2.13. The largest absolute Gasteiger partial charge is 0.465 e. The number of carbonyl (C=O) groups is 1. The maximum Gasteiger partial charge on any atom is 0.316 e. The molecule has 2 aromatic rings. The first kappa shape index (κ1) is 16.7. The highest BCUT2D eigenvalue weighted by atomic mass is 32.2. The van der Waals surface area contributed by atoms with Crippen LogP contribution in [0.25, 0.3) is 10.2 Å². The molecule has 0 N–H and O–H groups in total. The van der Waals surface area contributed by atoms with Crippen LogP contribution < -0.4 is 0 Å². The summed E-state index contributed by atoms with van der Waals surface area (Å²) in [6.45, 7) is 6.46. The molecule has 0 amide bonds. The number of thioether (sulfide) groups is 1. The lowest BCUT2D eigenvalue weighted by Gasteiger charge is -2.12. The molecule has 0 atom stereocenters. The summed E-state index contributed by atoms with van der Waals surface area (Å²) in [5.74, 6) is 1.27. The molecule has 0 aliphatic heterocycles. The van der Waals surface area contributed by atoms with Crippen LogP contribution in [-0.2, 0) is 22.4 Å². The number of aryl methyl sites for hydroxylation is 2. The zero-order valence-corrected chi connectivity index (χ0v) is 15.5. The van der Waals surface area contributed by atoms with Crippen molar-refractivity contribution in [1.29, 1.82) is 0 Å². The van der Waals surface area contributed by atoms with Crippen LogP contribution in [0.2, 0.25) is 0 Å². The SMILES string of the molecule is CCOC(=O)CSc1nc(C(C)C)nc2sc3c(c12)CCCC3. The van der Waals surface area contributed by atoms with E-state index in [4.69, 9.17) is 14.7 Å². The average Bonchev–Trinajstić information content (AvgIpc) is 2.91. The van der Waals surface area contributed by atoms with Crippen LogP contribution in [0.4, 0.5) is 0 Å². The van der Waals surface area contributed by atoms with Crippen molar-refractivity contribution in [2.75, 3.05) is 12.4 Å². The standard InChI is InChI=1S/C17H22N2O2S2/c1-4-21-13(20)9-22-16-14-11-7-5-6-8-12(11)23-17(14)19-15(18-16)10(2)3/h10H,4-9H2,1-3H3. The van der Waals surface area contributed by atoms with E-state index in [-0.39, 0.29) is 11.9 Å². The fourth-order valence-electron chi connectivity index (χ4n) is 2.83. The van der Waals surface area contributed by atoms with Gasteiger partial charge in [-0.3, -0.25) is 4.79 Å². The molecule has 0 saturated carbocycles. The van der Waals surface area contributed by atoms with Crippen LogP contribution >= 0.6 is 23.1 Å². The van der Waals surface area contributed by atoms with Gasteiger partial charge in [-0.2, -0.15) is 0 Å².